The Morgan fingerprint density at radius 2 is 1.84 bits per heavy atom. The smallest absolute Gasteiger partial charge is 0.318 e. The van der Waals surface area contributed by atoms with Crippen molar-refractivity contribution in [2.75, 3.05) is 7.05 Å². The van der Waals surface area contributed by atoms with Gasteiger partial charge in [-0.1, -0.05) is 48.0 Å². The maximum Gasteiger partial charge on any atom is 0.318 e. The Balaban J connectivity index is 1.78. The Morgan fingerprint density at radius 3 is 2.58 bits per heavy atom. The van der Waals surface area contributed by atoms with Crippen molar-refractivity contribution < 1.29 is 4.79 Å². The molecule has 0 spiro atoms. The number of aryl methyl sites for hydroxylation is 2. The van der Waals surface area contributed by atoms with Gasteiger partial charge < -0.3 is 14.8 Å². The molecule has 31 heavy (non-hydrogen) atoms. The summed E-state index contributed by atoms with van der Waals surface area (Å²) in [5.74, 6) is 0.979. The van der Waals surface area contributed by atoms with Crippen LogP contribution in [0.3, 0.4) is 0 Å². The van der Waals surface area contributed by atoms with Crippen LogP contribution in [0.15, 0.2) is 72.9 Å². The fourth-order valence-electron chi connectivity index (χ4n) is 4.48. The third-order valence-electron chi connectivity index (χ3n) is 5.92. The summed E-state index contributed by atoms with van der Waals surface area (Å²) in [6.07, 6.45) is 2.06. The Morgan fingerprint density at radius 1 is 1.03 bits per heavy atom. The fraction of sp³-hybridized carbons (Fsp3) is 0.200. The summed E-state index contributed by atoms with van der Waals surface area (Å²) in [6.45, 7) is 4.56. The van der Waals surface area contributed by atoms with E-state index in [4.69, 9.17) is 5.10 Å². The number of aromatic nitrogens is 3. The van der Waals surface area contributed by atoms with Gasteiger partial charge in [0.05, 0.1) is 29.7 Å². The first kappa shape index (κ1) is 19.2. The Labute approximate surface area is 181 Å². The predicted molar refractivity (Wildman–Crippen MR) is 121 cm³/mol. The van der Waals surface area contributed by atoms with Crippen LogP contribution < -0.4 is 5.32 Å². The molecule has 3 heterocycles. The molecule has 0 saturated carbocycles. The van der Waals surface area contributed by atoms with Crippen LogP contribution in [-0.4, -0.2) is 32.3 Å². The van der Waals surface area contributed by atoms with Gasteiger partial charge in [0, 0.05) is 18.8 Å². The number of nitrogens with one attached hydrogen (secondary N) is 1. The third-order valence-corrected chi connectivity index (χ3v) is 5.92. The molecule has 1 aliphatic rings. The number of carbonyl (C=O) groups is 1. The Kier molecular flexibility index (Phi) is 4.62. The maximum atomic E-state index is 13.1. The molecular weight excluding hydrogens is 386 g/mol. The van der Waals surface area contributed by atoms with Crippen molar-refractivity contribution in [2.24, 2.45) is 0 Å². The highest BCUT2D eigenvalue weighted by atomic mass is 16.2. The van der Waals surface area contributed by atoms with Crippen molar-refractivity contribution >= 4 is 6.03 Å². The minimum absolute atomic E-state index is 0.112. The molecule has 0 unspecified atom stereocenters. The van der Waals surface area contributed by atoms with Crippen LogP contribution in [-0.2, 0) is 6.54 Å². The number of hydrogen-bond acceptors (Lipinski definition) is 2. The number of fused-ring (bicyclic) bond motifs is 3. The molecule has 1 atom stereocenters. The molecular formula is C25H25N5O. The van der Waals surface area contributed by atoms with Gasteiger partial charge in [-0.2, -0.15) is 5.10 Å². The lowest BCUT2D eigenvalue weighted by Crippen LogP contribution is -2.40. The number of carbonyl (C=O) groups excluding carboxylic acids is 1. The van der Waals surface area contributed by atoms with Gasteiger partial charge in [-0.3, -0.25) is 0 Å². The fourth-order valence-corrected chi connectivity index (χ4v) is 4.48. The summed E-state index contributed by atoms with van der Waals surface area (Å²) in [4.78, 5) is 15.0. The van der Waals surface area contributed by atoms with Gasteiger partial charge >= 0.3 is 6.03 Å². The molecule has 0 bridgehead atoms. The molecule has 156 valence electrons. The lowest BCUT2D eigenvalue weighted by molar-refractivity contribution is 0.182. The van der Waals surface area contributed by atoms with E-state index in [9.17, 15) is 4.79 Å². The van der Waals surface area contributed by atoms with Gasteiger partial charge in [-0.15, -0.1) is 0 Å². The van der Waals surface area contributed by atoms with Crippen LogP contribution in [0.4, 0.5) is 4.79 Å². The Hall–Kier alpha value is -3.80. The summed E-state index contributed by atoms with van der Waals surface area (Å²) < 4.78 is 4.16. The number of rotatable bonds is 2. The van der Waals surface area contributed by atoms with Gasteiger partial charge in [0.15, 0.2) is 0 Å². The highest BCUT2D eigenvalue weighted by Crippen LogP contribution is 2.38. The summed E-state index contributed by atoms with van der Waals surface area (Å²) in [7, 11) is 1.68. The first-order valence-electron chi connectivity index (χ1n) is 10.4. The first-order chi connectivity index (χ1) is 15.1. The lowest BCUT2D eigenvalue weighted by Gasteiger charge is -2.30. The molecule has 2 aromatic heterocycles. The molecule has 0 radical (unpaired) electrons. The average Bonchev–Trinajstić information content (AvgIpc) is 3.34. The zero-order valence-electron chi connectivity index (χ0n) is 17.9. The van der Waals surface area contributed by atoms with E-state index in [1.807, 2.05) is 40.8 Å². The molecule has 6 heteroatoms. The molecule has 0 fully saturated rings. The van der Waals surface area contributed by atoms with E-state index in [1.165, 1.54) is 5.56 Å². The molecule has 1 N–H and O–H groups in total. The molecule has 4 aromatic rings. The predicted octanol–water partition coefficient (Wildman–Crippen LogP) is 4.52. The maximum absolute atomic E-state index is 13.1. The second-order valence-corrected chi connectivity index (χ2v) is 7.94. The SMILES string of the molecule is CNC(=O)N1Cc2c(C)nn(-c3ccccc3)c2-n2cccc2[C@H]1c1cccc(C)c1. The third kappa shape index (κ3) is 3.11. The van der Waals surface area contributed by atoms with Crippen molar-refractivity contribution in [1.82, 2.24) is 24.6 Å². The first-order valence-corrected chi connectivity index (χ1v) is 10.4. The molecule has 0 saturated heterocycles. The summed E-state index contributed by atoms with van der Waals surface area (Å²) in [5.41, 5.74) is 6.24. The normalized spacial score (nSPS) is 15.2. The highest BCUT2D eigenvalue weighted by Gasteiger charge is 2.35. The van der Waals surface area contributed by atoms with Crippen molar-refractivity contribution in [1.29, 1.82) is 0 Å². The number of para-hydroxylation sites is 1. The molecule has 2 aromatic carbocycles. The molecule has 6 nitrogen and oxygen atoms in total. The van der Waals surface area contributed by atoms with Gasteiger partial charge in [0.25, 0.3) is 0 Å². The van der Waals surface area contributed by atoms with Crippen molar-refractivity contribution in [3.8, 4) is 11.5 Å². The van der Waals surface area contributed by atoms with Crippen LogP contribution in [0, 0.1) is 13.8 Å². The highest BCUT2D eigenvalue weighted by molar-refractivity contribution is 5.75. The zero-order chi connectivity index (χ0) is 21.5. The average molecular weight is 412 g/mol. The monoisotopic (exact) mass is 411 g/mol. The van der Waals surface area contributed by atoms with E-state index in [0.29, 0.717) is 6.54 Å². The zero-order valence-corrected chi connectivity index (χ0v) is 17.9. The minimum atomic E-state index is -0.217. The van der Waals surface area contributed by atoms with E-state index >= 15 is 0 Å². The summed E-state index contributed by atoms with van der Waals surface area (Å²) >= 11 is 0. The van der Waals surface area contributed by atoms with Crippen molar-refractivity contribution in [2.45, 2.75) is 26.4 Å². The second-order valence-electron chi connectivity index (χ2n) is 7.94. The van der Waals surface area contributed by atoms with Gasteiger partial charge in [0.2, 0.25) is 0 Å². The van der Waals surface area contributed by atoms with E-state index in [2.05, 4.69) is 65.5 Å². The van der Waals surface area contributed by atoms with Crippen LogP contribution in [0.2, 0.25) is 0 Å². The summed E-state index contributed by atoms with van der Waals surface area (Å²) in [6, 6.07) is 22.3. The van der Waals surface area contributed by atoms with E-state index in [1.54, 1.807) is 7.05 Å². The van der Waals surface area contributed by atoms with Crippen LogP contribution in [0.5, 0.6) is 0 Å². The van der Waals surface area contributed by atoms with Crippen LogP contribution in [0.25, 0.3) is 11.5 Å². The number of urea groups is 1. The second kappa shape index (κ2) is 7.47. The van der Waals surface area contributed by atoms with Gasteiger partial charge in [-0.25, -0.2) is 9.48 Å². The minimum Gasteiger partial charge on any atom is -0.341 e. The number of amides is 2. The molecule has 2 amide bonds. The molecule has 1 aliphatic heterocycles. The van der Waals surface area contributed by atoms with E-state index in [-0.39, 0.29) is 12.1 Å². The van der Waals surface area contributed by atoms with Crippen LogP contribution >= 0.6 is 0 Å². The lowest BCUT2D eigenvalue weighted by atomic mass is 10.00. The Bertz CT molecular complexity index is 1250. The summed E-state index contributed by atoms with van der Waals surface area (Å²) in [5, 5.41) is 7.69. The van der Waals surface area contributed by atoms with E-state index in [0.717, 1.165) is 34.0 Å². The quantitative estimate of drug-likeness (QED) is 0.527. The van der Waals surface area contributed by atoms with Crippen LogP contribution in [0.1, 0.15) is 34.1 Å². The number of benzene rings is 2. The molecule has 5 rings (SSSR count). The number of hydrogen-bond donors (Lipinski definition) is 1. The van der Waals surface area contributed by atoms with Gasteiger partial charge in [-0.05, 0) is 43.7 Å². The standard InChI is InChI=1S/C25H25N5O/c1-17-9-7-10-19(15-17)23-22-13-8-14-28(22)24-21(16-29(23)25(31)26-3)18(2)27-30(24)20-11-5-4-6-12-20/h4-15,23H,16H2,1-3H3,(H,26,31)/t23-/m1/s1. The van der Waals surface area contributed by atoms with E-state index < -0.39 is 0 Å². The van der Waals surface area contributed by atoms with Gasteiger partial charge in [0.1, 0.15) is 5.82 Å². The largest absolute Gasteiger partial charge is 0.341 e. The molecule has 0 aliphatic carbocycles. The topological polar surface area (TPSA) is 55.1 Å². The van der Waals surface area contributed by atoms with Crippen molar-refractivity contribution in [3.05, 3.63) is 101 Å². The van der Waals surface area contributed by atoms with Crippen molar-refractivity contribution in [3.63, 3.8) is 0 Å². The number of nitrogens with zero attached hydrogens (tertiary/aromatic N) is 4.